The molecule has 2 N–H and O–H groups in total. The summed E-state index contributed by atoms with van der Waals surface area (Å²) < 4.78 is 5.25. The van der Waals surface area contributed by atoms with E-state index >= 15 is 0 Å². The lowest BCUT2D eigenvalue weighted by atomic mass is 9.91. The van der Waals surface area contributed by atoms with Gasteiger partial charge in [-0.1, -0.05) is 20.8 Å². The summed E-state index contributed by atoms with van der Waals surface area (Å²) in [7, 11) is 0. The van der Waals surface area contributed by atoms with E-state index in [-0.39, 0.29) is 12.1 Å². The molecule has 1 saturated heterocycles. The highest BCUT2D eigenvalue weighted by Crippen LogP contribution is 2.19. The van der Waals surface area contributed by atoms with Crippen LogP contribution in [0.3, 0.4) is 0 Å². The molecule has 1 aliphatic heterocycles. The summed E-state index contributed by atoms with van der Waals surface area (Å²) in [4.78, 5) is 11.6. The Morgan fingerprint density at radius 1 is 1.29 bits per heavy atom. The van der Waals surface area contributed by atoms with Crippen molar-refractivity contribution in [2.24, 2.45) is 5.41 Å². The van der Waals surface area contributed by atoms with Crippen LogP contribution in [0, 0.1) is 5.41 Å². The first-order valence-electron chi connectivity index (χ1n) is 6.59. The van der Waals surface area contributed by atoms with Crippen molar-refractivity contribution in [3.8, 4) is 0 Å². The Hall–Kier alpha value is -0.770. The first kappa shape index (κ1) is 14.3. The van der Waals surface area contributed by atoms with Gasteiger partial charge in [0.1, 0.15) is 0 Å². The highest BCUT2D eigenvalue weighted by molar-refractivity contribution is 5.74. The molecule has 1 aliphatic rings. The number of ether oxygens (including phenoxy) is 1. The van der Waals surface area contributed by atoms with Gasteiger partial charge in [-0.25, -0.2) is 4.79 Å². The topological polar surface area (TPSA) is 50.4 Å². The van der Waals surface area contributed by atoms with Crippen LogP contribution in [0.2, 0.25) is 0 Å². The van der Waals surface area contributed by atoms with Crippen molar-refractivity contribution in [2.75, 3.05) is 19.8 Å². The van der Waals surface area contributed by atoms with E-state index in [0.717, 1.165) is 45.4 Å². The van der Waals surface area contributed by atoms with Crippen LogP contribution in [0.15, 0.2) is 0 Å². The Morgan fingerprint density at radius 2 is 1.94 bits per heavy atom. The van der Waals surface area contributed by atoms with Gasteiger partial charge in [-0.15, -0.1) is 0 Å². The van der Waals surface area contributed by atoms with Crippen molar-refractivity contribution in [1.82, 2.24) is 10.6 Å². The number of rotatable bonds is 4. The van der Waals surface area contributed by atoms with Crippen LogP contribution < -0.4 is 10.6 Å². The molecule has 0 aromatic heterocycles. The lowest BCUT2D eigenvalue weighted by Crippen LogP contribution is -2.44. The Kier molecular flexibility index (Phi) is 5.75. The largest absolute Gasteiger partial charge is 0.381 e. The molecule has 0 radical (unpaired) electrons. The predicted octanol–water partition coefficient (Wildman–Crippen LogP) is 2.29. The van der Waals surface area contributed by atoms with Crippen LogP contribution in [0.5, 0.6) is 0 Å². The van der Waals surface area contributed by atoms with Crippen LogP contribution in [0.1, 0.15) is 46.5 Å². The average Bonchev–Trinajstić information content (AvgIpc) is 2.25. The SMILES string of the molecule is CC(C)(C)CCCNC(=O)NC1CCOCC1. The zero-order valence-corrected chi connectivity index (χ0v) is 11.3. The van der Waals surface area contributed by atoms with Gasteiger partial charge >= 0.3 is 6.03 Å². The van der Waals surface area contributed by atoms with Crippen molar-refractivity contribution in [3.63, 3.8) is 0 Å². The van der Waals surface area contributed by atoms with Crippen LogP contribution in [-0.4, -0.2) is 31.8 Å². The molecule has 1 fully saturated rings. The molecule has 0 unspecified atom stereocenters. The zero-order chi connectivity index (χ0) is 12.7. The summed E-state index contributed by atoms with van der Waals surface area (Å²) in [6.45, 7) is 8.93. The summed E-state index contributed by atoms with van der Waals surface area (Å²) >= 11 is 0. The van der Waals surface area contributed by atoms with Crippen LogP contribution in [0.4, 0.5) is 4.79 Å². The van der Waals surface area contributed by atoms with E-state index in [0.29, 0.717) is 5.41 Å². The molecule has 0 aliphatic carbocycles. The van der Waals surface area contributed by atoms with Gasteiger partial charge in [0, 0.05) is 25.8 Å². The second kappa shape index (κ2) is 6.84. The van der Waals surface area contributed by atoms with E-state index in [1.807, 2.05) is 0 Å². The van der Waals surface area contributed by atoms with Crippen molar-refractivity contribution in [2.45, 2.75) is 52.5 Å². The minimum atomic E-state index is -0.0363. The molecule has 0 atom stereocenters. The smallest absolute Gasteiger partial charge is 0.315 e. The van der Waals surface area contributed by atoms with Gasteiger partial charge in [0.05, 0.1) is 0 Å². The fourth-order valence-corrected chi connectivity index (χ4v) is 1.90. The summed E-state index contributed by atoms with van der Waals surface area (Å²) in [6.07, 6.45) is 4.01. The standard InChI is InChI=1S/C13H26N2O2/c1-13(2,3)7-4-8-14-12(16)15-11-5-9-17-10-6-11/h11H,4-10H2,1-3H3,(H2,14,15,16). The van der Waals surface area contributed by atoms with E-state index in [9.17, 15) is 4.79 Å². The molecule has 0 bridgehead atoms. The molecule has 2 amide bonds. The Bertz CT molecular complexity index is 230. The van der Waals surface area contributed by atoms with Crippen LogP contribution in [-0.2, 0) is 4.74 Å². The highest BCUT2D eigenvalue weighted by atomic mass is 16.5. The molecule has 0 aromatic carbocycles. The number of amides is 2. The number of hydrogen-bond donors (Lipinski definition) is 2. The average molecular weight is 242 g/mol. The minimum Gasteiger partial charge on any atom is -0.381 e. The van der Waals surface area contributed by atoms with E-state index in [4.69, 9.17) is 4.74 Å². The molecule has 1 rings (SSSR count). The first-order chi connectivity index (χ1) is 7.97. The fraction of sp³-hybridized carbons (Fsp3) is 0.923. The van der Waals surface area contributed by atoms with Gasteiger partial charge in [0.15, 0.2) is 0 Å². The summed E-state index contributed by atoms with van der Waals surface area (Å²) in [5.74, 6) is 0. The van der Waals surface area contributed by atoms with E-state index in [1.54, 1.807) is 0 Å². The Balaban J connectivity index is 2.04. The van der Waals surface area contributed by atoms with Crippen molar-refractivity contribution in [1.29, 1.82) is 0 Å². The number of carbonyl (C=O) groups is 1. The maximum atomic E-state index is 11.6. The number of hydrogen-bond acceptors (Lipinski definition) is 2. The lowest BCUT2D eigenvalue weighted by molar-refractivity contribution is 0.0801. The maximum Gasteiger partial charge on any atom is 0.315 e. The van der Waals surface area contributed by atoms with E-state index in [1.165, 1.54) is 0 Å². The third kappa shape index (κ3) is 7.21. The third-order valence-corrected chi connectivity index (χ3v) is 2.95. The van der Waals surface area contributed by atoms with Crippen LogP contribution in [0.25, 0.3) is 0 Å². The van der Waals surface area contributed by atoms with E-state index < -0.39 is 0 Å². The van der Waals surface area contributed by atoms with Crippen molar-refractivity contribution in [3.05, 3.63) is 0 Å². The van der Waals surface area contributed by atoms with Gasteiger partial charge < -0.3 is 15.4 Å². The fourth-order valence-electron chi connectivity index (χ4n) is 1.90. The zero-order valence-electron chi connectivity index (χ0n) is 11.3. The van der Waals surface area contributed by atoms with Crippen LogP contribution >= 0.6 is 0 Å². The molecule has 1 heterocycles. The normalized spacial score (nSPS) is 17.8. The van der Waals surface area contributed by atoms with Crippen molar-refractivity contribution < 1.29 is 9.53 Å². The Morgan fingerprint density at radius 3 is 2.53 bits per heavy atom. The van der Waals surface area contributed by atoms with Gasteiger partial charge in [-0.2, -0.15) is 0 Å². The predicted molar refractivity (Wildman–Crippen MR) is 69.1 cm³/mol. The minimum absolute atomic E-state index is 0.0363. The van der Waals surface area contributed by atoms with Gasteiger partial charge in [-0.3, -0.25) is 0 Å². The lowest BCUT2D eigenvalue weighted by Gasteiger charge is -2.23. The molecule has 100 valence electrons. The monoisotopic (exact) mass is 242 g/mol. The second-order valence-electron chi connectivity index (χ2n) is 5.95. The quantitative estimate of drug-likeness (QED) is 0.743. The molecule has 17 heavy (non-hydrogen) atoms. The molecule has 0 saturated carbocycles. The summed E-state index contributed by atoms with van der Waals surface area (Å²) in [6, 6.07) is 0.247. The molecule has 4 heteroatoms. The maximum absolute atomic E-state index is 11.6. The summed E-state index contributed by atoms with van der Waals surface area (Å²) in [5.41, 5.74) is 0.346. The molecule has 4 nitrogen and oxygen atoms in total. The van der Waals surface area contributed by atoms with Crippen molar-refractivity contribution >= 4 is 6.03 Å². The molecule has 0 spiro atoms. The molecular weight excluding hydrogens is 216 g/mol. The summed E-state index contributed by atoms with van der Waals surface area (Å²) in [5, 5.41) is 5.90. The van der Waals surface area contributed by atoms with Gasteiger partial charge in [0.25, 0.3) is 0 Å². The Labute approximate surface area is 104 Å². The third-order valence-electron chi connectivity index (χ3n) is 2.95. The number of carbonyl (C=O) groups excluding carboxylic acids is 1. The second-order valence-corrected chi connectivity index (χ2v) is 5.95. The first-order valence-corrected chi connectivity index (χ1v) is 6.59. The van der Waals surface area contributed by atoms with Gasteiger partial charge in [0.2, 0.25) is 0 Å². The number of nitrogens with one attached hydrogen (secondary N) is 2. The van der Waals surface area contributed by atoms with E-state index in [2.05, 4.69) is 31.4 Å². The van der Waals surface area contributed by atoms with Gasteiger partial charge in [-0.05, 0) is 31.1 Å². The highest BCUT2D eigenvalue weighted by Gasteiger charge is 2.15. The molecule has 0 aromatic rings. The number of urea groups is 1. The molecular formula is C13H26N2O2.